The number of ether oxygens (including phenoxy) is 1. The Morgan fingerprint density at radius 1 is 1.47 bits per heavy atom. The average Bonchev–Trinajstić information content (AvgIpc) is 2.09. The Labute approximate surface area is 86.2 Å². The molecule has 0 amide bonds. The van der Waals surface area contributed by atoms with Crippen molar-refractivity contribution in [3.63, 3.8) is 0 Å². The summed E-state index contributed by atoms with van der Waals surface area (Å²) in [5.74, 6) is -0.944. The predicted octanol–water partition coefficient (Wildman–Crippen LogP) is 0.858. The van der Waals surface area contributed by atoms with Crippen LogP contribution in [0.2, 0.25) is 0 Å². The van der Waals surface area contributed by atoms with Crippen LogP contribution in [0, 0.1) is 0 Å². The summed E-state index contributed by atoms with van der Waals surface area (Å²) in [6.45, 7) is 0.0609. The summed E-state index contributed by atoms with van der Waals surface area (Å²) in [6.07, 6.45) is 1.05. The average molecular weight is 245 g/mol. The van der Waals surface area contributed by atoms with E-state index in [9.17, 15) is 26.5 Å². The highest BCUT2D eigenvalue weighted by atomic mass is 32.2. The van der Waals surface area contributed by atoms with Gasteiger partial charge in [0.1, 0.15) is 0 Å². The predicted molar refractivity (Wildman–Crippen MR) is 45.1 cm³/mol. The molecule has 0 aromatic rings. The van der Waals surface area contributed by atoms with Crippen molar-refractivity contribution in [2.45, 2.75) is 31.4 Å². The number of rotatable bonds is 6. The van der Waals surface area contributed by atoms with Gasteiger partial charge in [0.25, 0.3) is 0 Å². The van der Waals surface area contributed by atoms with Crippen LogP contribution in [0.5, 0.6) is 0 Å². The van der Waals surface area contributed by atoms with E-state index < -0.39 is 27.9 Å². The van der Waals surface area contributed by atoms with Crippen molar-refractivity contribution < 1.29 is 31.3 Å². The lowest BCUT2D eigenvalue weighted by molar-refractivity contribution is -0.149. The number of alkyl halides is 2. The summed E-state index contributed by atoms with van der Waals surface area (Å²) in [7, 11) is -5.78. The summed E-state index contributed by atoms with van der Waals surface area (Å²) in [4.78, 5) is 10.7. The van der Waals surface area contributed by atoms with Crippen LogP contribution < -0.4 is 0 Å². The summed E-state index contributed by atoms with van der Waals surface area (Å²) >= 11 is 0. The van der Waals surface area contributed by atoms with Gasteiger partial charge in [-0.3, -0.25) is 4.79 Å². The maximum Gasteiger partial charge on any atom is 0.367 e. The fraction of sp³-hybridized carbons (Fsp3) is 0.857. The van der Waals surface area contributed by atoms with Gasteiger partial charge < -0.3 is 9.29 Å². The maximum absolute atomic E-state index is 12.4. The number of carbonyl (C=O) groups is 1. The molecule has 15 heavy (non-hydrogen) atoms. The van der Waals surface area contributed by atoms with Gasteiger partial charge in [-0.25, -0.2) is 8.42 Å². The van der Waals surface area contributed by atoms with Crippen LogP contribution >= 0.6 is 0 Å². The lowest BCUT2D eigenvalue weighted by Crippen LogP contribution is -2.34. The minimum absolute atomic E-state index is 0.0779. The van der Waals surface area contributed by atoms with Crippen LogP contribution in [-0.2, 0) is 19.6 Å². The molecule has 0 rings (SSSR count). The van der Waals surface area contributed by atoms with Crippen molar-refractivity contribution in [3.05, 3.63) is 0 Å². The van der Waals surface area contributed by atoms with E-state index in [-0.39, 0.29) is 6.42 Å². The van der Waals surface area contributed by atoms with Crippen molar-refractivity contribution in [2.75, 3.05) is 6.61 Å². The van der Waals surface area contributed by atoms with Gasteiger partial charge in [0.15, 0.2) is 16.7 Å². The second-order valence-electron chi connectivity index (χ2n) is 2.86. The van der Waals surface area contributed by atoms with Crippen LogP contribution in [0.1, 0.15) is 26.2 Å². The molecule has 90 valence electrons. The van der Waals surface area contributed by atoms with Crippen molar-refractivity contribution in [1.82, 2.24) is 0 Å². The quantitative estimate of drug-likeness (QED) is 0.512. The van der Waals surface area contributed by atoms with E-state index >= 15 is 0 Å². The summed E-state index contributed by atoms with van der Waals surface area (Å²) in [5, 5.41) is -4.56. The monoisotopic (exact) mass is 245 g/mol. The number of halogens is 2. The van der Waals surface area contributed by atoms with Gasteiger partial charge in [0.05, 0.1) is 0 Å². The second-order valence-corrected chi connectivity index (χ2v) is 4.36. The van der Waals surface area contributed by atoms with Gasteiger partial charge in [-0.05, 0) is 6.42 Å². The van der Waals surface area contributed by atoms with Crippen molar-refractivity contribution >= 4 is 16.1 Å². The summed E-state index contributed by atoms with van der Waals surface area (Å²) in [6, 6.07) is 0. The Balaban J connectivity index is 4.11. The van der Waals surface area contributed by atoms with E-state index in [1.807, 2.05) is 0 Å². The molecule has 5 nitrogen and oxygen atoms in total. The Morgan fingerprint density at radius 3 is 2.40 bits per heavy atom. The standard InChI is InChI=1S/C7H12F2O5S/c1-2-3-4-6(10)14-5-7(8,9)15(11,12)13/h2-5H2,1H3,(H,11,12,13)/p-1. The molecule has 0 heterocycles. The minimum atomic E-state index is -5.78. The smallest absolute Gasteiger partial charge is 0.367 e. The zero-order chi connectivity index (χ0) is 12.1. The van der Waals surface area contributed by atoms with E-state index in [2.05, 4.69) is 4.74 Å². The number of carbonyl (C=O) groups excluding carboxylic acids is 1. The number of hydrogen-bond donors (Lipinski definition) is 0. The van der Waals surface area contributed by atoms with E-state index in [1.165, 1.54) is 0 Å². The highest BCUT2D eigenvalue weighted by Crippen LogP contribution is 2.20. The normalized spacial score (nSPS) is 12.5. The maximum atomic E-state index is 12.4. The van der Waals surface area contributed by atoms with Crippen molar-refractivity contribution in [2.24, 2.45) is 0 Å². The Morgan fingerprint density at radius 2 is 2.00 bits per heavy atom. The molecule has 0 unspecified atom stereocenters. The largest absolute Gasteiger partial charge is 0.743 e. The third-order valence-corrected chi connectivity index (χ3v) is 2.35. The molecule has 0 bridgehead atoms. The minimum Gasteiger partial charge on any atom is -0.743 e. The van der Waals surface area contributed by atoms with Crippen LogP contribution in [-0.4, -0.2) is 30.8 Å². The first-order valence-electron chi connectivity index (χ1n) is 4.19. The molecule has 0 atom stereocenters. The summed E-state index contributed by atoms with van der Waals surface area (Å²) < 4.78 is 58.8. The van der Waals surface area contributed by atoms with Gasteiger partial charge in [-0.1, -0.05) is 13.3 Å². The zero-order valence-electron chi connectivity index (χ0n) is 8.03. The van der Waals surface area contributed by atoms with E-state index in [4.69, 9.17) is 0 Å². The third kappa shape index (κ3) is 5.03. The van der Waals surface area contributed by atoms with E-state index in [0.29, 0.717) is 12.8 Å². The molecule has 0 aliphatic rings. The van der Waals surface area contributed by atoms with Gasteiger partial charge in [0.2, 0.25) is 0 Å². The number of esters is 1. The molecule has 0 aliphatic carbocycles. The van der Waals surface area contributed by atoms with Gasteiger partial charge in [-0.15, -0.1) is 0 Å². The molecule has 0 fully saturated rings. The first-order chi connectivity index (χ1) is 6.70. The first-order valence-corrected chi connectivity index (χ1v) is 5.60. The second kappa shape index (κ2) is 5.36. The fourth-order valence-electron chi connectivity index (χ4n) is 0.630. The molecule has 0 N–H and O–H groups in total. The molecule has 0 spiro atoms. The van der Waals surface area contributed by atoms with Crippen LogP contribution in [0.4, 0.5) is 8.78 Å². The zero-order valence-corrected chi connectivity index (χ0v) is 8.85. The Hall–Kier alpha value is -0.760. The molecule has 0 aromatic heterocycles. The Bertz CT molecular complexity index is 311. The third-order valence-electron chi connectivity index (χ3n) is 1.50. The highest BCUT2D eigenvalue weighted by molar-refractivity contribution is 7.86. The van der Waals surface area contributed by atoms with Gasteiger partial charge in [0, 0.05) is 6.42 Å². The molecule has 0 saturated heterocycles. The van der Waals surface area contributed by atoms with Gasteiger partial charge in [-0.2, -0.15) is 8.78 Å². The lowest BCUT2D eigenvalue weighted by atomic mass is 10.2. The fourth-order valence-corrected chi connectivity index (χ4v) is 0.833. The first kappa shape index (κ1) is 14.2. The topological polar surface area (TPSA) is 83.5 Å². The highest BCUT2D eigenvalue weighted by Gasteiger charge is 2.39. The molecular weight excluding hydrogens is 234 g/mol. The lowest BCUT2D eigenvalue weighted by Gasteiger charge is -2.19. The Kier molecular flexibility index (Phi) is 5.09. The number of hydrogen-bond acceptors (Lipinski definition) is 5. The van der Waals surface area contributed by atoms with Crippen LogP contribution in [0.25, 0.3) is 0 Å². The molecule has 0 radical (unpaired) electrons. The molecule has 0 aliphatic heterocycles. The van der Waals surface area contributed by atoms with E-state index in [1.54, 1.807) is 6.92 Å². The molecule has 0 saturated carbocycles. The molecule has 8 heteroatoms. The number of unbranched alkanes of at least 4 members (excludes halogenated alkanes) is 1. The van der Waals surface area contributed by atoms with Crippen LogP contribution in [0.3, 0.4) is 0 Å². The molecule has 0 aromatic carbocycles. The van der Waals surface area contributed by atoms with Crippen LogP contribution in [0.15, 0.2) is 0 Å². The van der Waals surface area contributed by atoms with Crippen molar-refractivity contribution in [1.29, 1.82) is 0 Å². The summed E-state index contributed by atoms with van der Waals surface area (Å²) in [5.41, 5.74) is 0. The van der Waals surface area contributed by atoms with Crippen molar-refractivity contribution in [3.8, 4) is 0 Å². The SMILES string of the molecule is CCCCC(=O)OCC(F)(F)S(=O)(=O)[O-]. The van der Waals surface area contributed by atoms with Gasteiger partial charge >= 0.3 is 11.2 Å². The van der Waals surface area contributed by atoms with E-state index in [0.717, 1.165) is 0 Å². The molecular formula is C7H11F2O5S-.